The van der Waals surface area contributed by atoms with Crippen LogP contribution in [0, 0.1) is 0 Å². The minimum atomic E-state index is 0.656. The van der Waals surface area contributed by atoms with Gasteiger partial charge in [0.2, 0.25) is 0 Å². The maximum Gasteiger partial charge on any atom is 0.128 e. The van der Waals surface area contributed by atoms with Crippen molar-refractivity contribution in [3.8, 4) is 5.75 Å². The minimum absolute atomic E-state index is 0.656. The van der Waals surface area contributed by atoms with Crippen molar-refractivity contribution >= 4 is 17.5 Å². The van der Waals surface area contributed by atoms with E-state index in [0.717, 1.165) is 22.8 Å². The third kappa shape index (κ3) is 4.30. The maximum absolute atomic E-state index is 8.94. The fraction of sp³-hybridized carbons (Fsp3) is 0.462. The van der Waals surface area contributed by atoms with E-state index in [9.17, 15) is 0 Å². The molecular formula is C13H19NO2S. The quantitative estimate of drug-likeness (QED) is 0.350. The average Bonchev–Trinajstić information content (AvgIpc) is 2.38. The fourth-order valence-electron chi connectivity index (χ4n) is 1.50. The first-order valence-corrected chi connectivity index (χ1v) is 6.99. The zero-order valence-electron chi connectivity index (χ0n) is 10.3. The van der Waals surface area contributed by atoms with Crippen LogP contribution in [0.15, 0.2) is 29.4 Å². The van der Waals surface area contributed by atoms with Gasteiger partial charge in [-0.1, -0.05) is 31.1 Å². The zero-order chi connectivity index (χ0) is 12.5. The lowest BCUT2D eigenvalue weighted by Gasteiger charge is -2.11. The number of oxime groups is 1. The highest BCUT2D eigenvalue weighted by molar-refractivity contribution is 7.99. The molecule has 0 heterocycles. The summed E-state index contributed by atoms with van der Waals surface area (Å²) in [6.07, 6.45) is 0.681. The third-order valence-electron chi connectivity index (χ3n) is 2.34. The Morgan fingerprint density at radius 1 is 1.35 bits per heavy atom. The molecule has 0 aromatic heterocycles. The molecule has 0 aliphatic heterocycles. The first-order chi connectivity index (χ1) is 8.33. The number of benzene rings is 1. The van der Waals surface area contributed by atoms with Crippen molar-refractivity contribution in [3.63, 3.8) is 0 Å². The predicted octanol–water partition coefficient (Wildman–Crippen LogP) is 3.41. The first-order valence-electron chi connectivity index (χ1n) is 5.84. The van der Waals surface area contributed by atoms with Gasteiger partial charge >= 0.3 is 0 Å². The van der Waals surface area contributed by atoms with Gasteiger partial charge in [-0.3, -0.25) is 0 Å². The molecule has 94 valence electrons. The van der Waals surface area contributed by atoms with E-state index in [-0.39, 0.29) is 0 Å². The van der Waals surface area contributed by atoms with Crippen molar-refractivity contribution in [1.82, 2.24) is 0 Å². The van der Waals surface area contributed by atoms with Gasteiger partial charge in [-0.15, -0.1) is 0 Å². The van der Waals surface area contributed by atoms with Gasteiger partial charge in [0.1, 0.15) is 5.75 Å². The van der Waals surface area contributed by atoms with Crippen LogP contribution in [0.25, 0.3) is 0 Å². The molecular weight excluding hydrogens is 234 g/mol. The summed E-state index contributed by atoms with van der Waals surface area (Å²) in [7, 11) is 0. The predicted molar refractivity (Wildman–Crippen MR) is 73.6 cm³/mol. The first kappa shape index (κ1) is 13.9. The molecule has 0 amide bonds. The Kier molecular flexibility index (Phi) is 6.55. The highest BCUT2D eigenvalue weighted by Gasteiger charge is 2.08. The van der Waals surface area contributed by atoms with E-state index in [2.05, 4.69) is 12.1 Å². The smallest absolute Gasteiger partial charge is 0.128 e. The summed E-state index contributed by atoms with van der Waals surface area (Å²) < 4.78 is 5.71. The molecule has 0 atom stereocenters. The Labute approximate surface area is 107 Å². The van der Waals surface area contributed by atoms with Crippen molar-refractivity contribution in [2.45, 2.75) is 20.3 Å². The SMILES string of the molecule is CCSCCOc1ccccc1/C(CC)=N/O. The number of thioether (sulfide) groups is 1. The molecule has 17 heavy (non-hydrogen) atoms. The van der Waals surface area contributed by atoms with Crippen LogP contribution in [-0.4, -0.2) is 29.0 Å². The molecule has 0 saturated carbocycles. The van der Waals surface area contributed by atoms with Gasteiger partial charge in [0, 0.05) is 11.3 Å². The van der Waals surface area contributed by atoms with Gasteiger partial charge in [0.25, 0.3) is 0 Å². The van der Waals surface area contributed by atoms with Crippen LogP contribution in [0.1, 0.15) is 25.8 Å². The number of rotatable bonds is 7. The van der Waals surface area contributed by atoms with Crippen LogP contribution < -0.4 is 4.74 Å². The van der Waals surface area contributed by atoms with Crippen molar-refractivity contribution in [3.05, 3.63) is 29.8 Å². The van der Waals surface area contributed by atoms with E-state index in [1.165, 1.54) is 0 Å². The summed E-state index contributed by atoms with van der Waals surface area (Å²) in [5, 5.41) is 12.3. The molecule has 4 heteroatoms. The van der Waals surface area contributed by atoms with Crippen molar-refractivity contribution < 1.29 is 9.94 Å². The average molecular weight is 253 g/mol. The van der Waals surface area contributed by atoms with Crippen LogP contribution in [0.2, 0.25) is 0 Å². The Bertz CT molecular complexity index is 366. The summed E-state index contributed by atoms with van der Waals surface area (Å²) >= 11 is 1.85. The van der Waals surface area contributed by atoms with E-state index < -0.39 is 0 Å². The topological polar surface area (TPSA) is 41.8 Å². The lowest BCUT2D eigenvalue weighted by atomic mass is 10.1. The number of ether oxygens (including phenoxy) is 1. The fourth-order valence-corrected chi connectivity index (χ4v) is 1.99. The lowest BCUT2D eigenvalue weighted by molar-refractivity contribution is 0.316. The molecule has 3 nitrogen and oxygen atoms in total. The van der Waals surface area contributed by atoms with E-state index >= 15 is 0 Å². The molecule has 1 aromatic carbocycles. The summed E-state index contributed by atoms with van der Waals surface area (Å²) in [6, 6.07) is 7.67. The Hall–Kier alpha value is -1.16. The normalized spacial score (nSPS) is 11.5. The Morgan fingerprint density at radius 3 is 2.76 bits per heavy atom. The molecule has 1 rings (SSSR count). The van der Waals surface area contributed by atoms with Gasteiger partial charge in [-0.25, -0.2) is 0 Å². The molecule has 0 saturated heterocycles. The maximum atomic E-state index is 8.94. The summed E-state index contributed by atoms with van der Waals surface area (Å²) in [4.78, 5) is 0. The summed E-state index contributed by atoms with van der Waals surface area (Å²) in [6.45, 7) is 4.77. The Balaban J connectivity index is 2.71. The van der Waals surface area contributed by atoms with Crippen LogP contribution in [-0.2, 0) is 0 Å². The van der Waals surface area contributed by atoms with Crippen LogP contribution in [0.5, 0.6) is 5.75 Å². The molecule has 0 bridgehead atoms. The third-order valence-corrected chi connectivity index (χ3v) is 3.21. The number of hydrogen-bond donors (Lipinski definition) is 1. The van der Waals surface area contributed by atoms with Crippen LogP contribution in [0.4, 0.5) is 0 Å². The van der Waals surface area contributed by atoms with Crippen LogP contribution in [0.3, 0.4) is 0 Å². The van der Waals surface area contributed by atoms with Gasteiger partial charge in [-0.2, -0.15) is 11.8 Å². The Morgan fingerprint density at radius 2 is 2.12 bits per heavy atom. The molecule has 0 aliphatic rings. The number of para-hydroxylation sites is 1. The van der Waals surface area contributed by atoms with E-state index in [1.54, 1.807) is 0 Å². The molecule has 0 aliphatic carbocycles. The number of hydrogen-bond acceptors (Lipinski definition) is 4. The monoisotopic (exact) mass is 253 g/mol. The second-order valence-electron chi connectivity index (χ2n) is 3.44. The van der Waals surface area contributed by atoms with Crippen molar-refractivity contribution in [2.75, 3.05) is 18.1 Å². The van der Waals surface area contributed by atoms with E-state index in [4.69, 9.17) is 9.94 Å². The van der Waals surface area contributed by atoms with Crippen LogP contribution >= 0.6 is 11.8 Å². The van der Waals surface area contributed by atoms with Gasteiger partial charge < -0.3 is 9.94 Å². The van der Waals surface area contributed by atoms with E-state index in [1.807, 2.05) is 43.0 Å². The largest absolute Gasteiger partial charge is 0.492 e. The van der Waals surface area contributed by atoms with Gasteiger partial charge in [-0.05, 0) is 24.3 Å². The summed E-state index contributed by atoms with van der Waals surface area (Å²) in [5.74, 6) is 2.87. The highest BCUT2D eigenvalue weighted by Crippen LogP contribution is 2.20. The number of nitrogens with zero attached hydrogens (tertiary/aromatic N) is 1. The van der Waals surface area contributed by atoms with Gasteiger partial charge in [0.05, 0.1) is 12.3 Å². The molecule has 1 N–H and O–H groups in total. The van der Waals surface area contributed by atoms with Crippen molar-refractivity contribution in [1.29, 1.82) is 0 Å². The molecule has 1 aromatic rings. The molecule has 0 spiro atoms. The van der Waals surface area contributed by atoms with E-state index in [0.29, 0.717) is 18.7 Å². The molecule has 0 radical (unpaired) electrons. The zero-order valence-corrected chi connectivity index (χ0v) is 11.2. The van der Waals surface area contributed by atoms with Gasteiger partial charge in [0.15, 0.2) is 0 Å². The summed E-state index contributed by atoms with van der Waals surface area (Å²) in [5.41, 5.74) is 1.53. The minimum Gasteiger partial charge on any atom is -0.492 e. The second-order valence-corrected chi connectivity index (χ2v) is 4.84. The highest BCUT2D eigenvalue weighted by atomic mass is 32.2. The second kappa shape index (κ2) is 8.01. The lowest BCUT2D eigenvalue weighted by Crippen LogP contribution is -2.06. The van der Waals surface area contributed by atoms with Crippen molar-refractivity contribution in [2.24, 2.45) is 5.16 Å². The standard InChI is InChI=1S/C13H19NO2S/c1-3-12(14-15)11-7-5-6-8-13(11)16-9-10-17-4-2/h5-8,15H,3-4,9-10H2,1-2H3/b14-12+. The molecule has 0 unspecified atom stereocenters. The molecule has 0 fully saturated rings.